The van der Waals surface area contributed by atoms with E-state index in [9.17, 15) is 35.6 Å². The Morgan fingerprint density at radius 3 is 2.64 bits per heavy atom. The number of fused-ring (bicyclic) bond motifs is 1. The number of sulfonamides is 1. The van der Waals surface area contributed by atoms with Crippen LogP contribution in [0.3, 0.4) is 0 Å². The van der Waals surface area contributed by atoms with Gasteiger partial charge in [0.25, 0.3) is 22.3 Å². The van der Waals surface area contributed by atoms with Gasteiger partial charge in [-0.05, 0) is 6.07 Å². The van der Waals surface area contributed by atoms with Crippen molar-refractivity contribution < 1.29 is 46.0 Å². The van der Waals surface area contributed by atoms with E-state index in [1.54, 1.807) is 6.07 Å². The number of halogens is 5. The summed E-state index contributed by atoms with van der Waals surface area (Å²) in [5, 5.41) is 8.70. The fraction of sp³-hybridized carbons (Fsp3) is 0.235. The number of rotatable bonds is 9. The summed E-state index contributed by atoms with van der Waals surface area (Å²) >= 11 is 0. The van der Waals surface area contributed by atoms with Crippen molar-refractivity contribution in [1.82, 2.24) is 14.4 Å². The molecule has 16 heteroatoms. The van der Waals surface area contributed by atoms with Crippen molar-refractivity contribution in [3.63, 3.8) is 0 Å². The van der Waals surface area contributed by atoms with Crippen molar-refractivity contribution in [2.45, 2.75) is 18.1 Å². The first kappa shape index (κ1) is 23.8. The number of alkyl halides is 4. The minimum atomic E-state index is -4.54. The molecule has 1 N–H and O–H groups in total. The standard InChI is InChI=1S/C17H12F5N5O5S.H2/c1-30-16-10(4-9(18)15(25-16)31-7-12(19)20)26-33(28,29)13-6-24-14-8(5-23)11(32-17(21)22)2-3-27(13)14;/h2-4,6,12,17,26H,7H2,1H3;1H. The molecule has 33 heavy (non-hydrogen) atoms. The molecule has 0 saturated heterocycles. The Morgan fingerprint density at radius 1 is 1.30 bits per heavy atom. The van der Waals surface area contributed by atoms with Crippen LogP contribution in [0, 0.1) is 17.1 Å². The van der Waals surface area contributed by atoms with Crippen LogP contribution in [0.4, 0.5) is 27.6 Å². The molecule has 0 amide bonds. The molecule has 0 saturated carbocycles. The van der Waals surface area contributed by atoms with Crippen LogP contribution in [-0.2, 0) is 10.0 Å². The molecule has 0 fully saturated rings. The van der Waals surface area contributed by atoms with Crippen LogP contribution < -0.4 is 18.9 Å². The quantitative estimate of drug-likeness (QED) is 0.449. The Kier molecular flexibility index (Phi) is 6.72. The number of ether oxygens (including phenoxy) is 3. The van der Waals surface area contributed by atoms with Crippen LogP contribution in [0.5, 0.6) is 17.5 Å². The predicted molar refractivity (Wildman–Crippen MR) is 102 cm³/mol. The molecule has 3 aromatic rings. The number of nitriles is 1. The molecule has 3 aromatic heterocycles. The number of pyridine rings is 2. The number of hydrogen-bond acceptors (Lipinski definition) is 8. The Morgan fingerprint density at radius 2 is 2.03 bits per heavy atom. The Hall–Kier alpha value is -3.87. The van der Waals surface area contributed by atoms with Crippen molar-refractivity contribution in [3.05, 3.63) is 35.9 Å². The van der Waals surface area contributed by atoms with E-state index >= 15 is 0 Å². The molecule has 0 aromatic carbocycles. The highest BCUT2D eigenvalue weighted by Gasteiger charge is 2.26. The maximum Gasteiger partial charge on any atom is 0.387 e. The van der Waals surface area contributed by atoms with E-state index in [1.165, 1.54) is 0 Å². The van der Waals surface area contributed by atoms with Crippen molar-refractivity contribution in [2.75, 3.05) is 18.4 Å². The largest absolute Gasteiger partial charge is 0.479 e. The highest BCUT2D eigenvalue weighted by atomic mass is 32.2. The summed E-state index contributed by atoms with van der Waals surface area (Å²) in [5.41, 5.74) is -1.26. The lowest BCUT2D eigenvalue weighted by Crippen LogP contribution is -2.17. The van der Waals surface area contributed by atoms with Gasteiger partial charge in [0.1, 0.15) is 23.1 Å². The van der Waals surface area contributed by atoms with Gasteiger partial charge in [-0.1, -0.05) is 0 Å². The highest BCUT2D eigenvalue weighted by molar-refractivity contribution is 7.92. The summed E-state index contributed by atoms with van der Waals surface area (Å²) in [6.07, 6.45) is -1.07. The lowest BCUT2D eigenvalue weighted by molar-refractivity contribution is -0.0500. The van der Waals surface area contributed by atoms with Crippen molar-refractivity contribution in [2.24, 2.45) is 0 Å². The first-order chi connectivity index (χ1) is 15.6. The zero-order valence-corrected chi connectivity index (χ0v) is 17.1. The molecule has 10 nitrogen and oxygen atoms in total. The van der Waals surface area contributed by atoms with Crippen LogP contribution in [0.25, 0.3) is 5.65 Å². The topological polar surface area (TPSA) is 128 Å². The molecule has 0 atom stereocenters. The third kappa shape index (κ3) is 4.98. The number of imidazole rings is 1. The summed E-state index contributed by atoms with van der Waals surface area (Å²) in [5.74, 6) is -3.11. The van der Waals surface area contributed by atoms with Gasteiger partial charge in [0.05, 0.1) is 13.3 Å². The lowest BCUT2D eigenvalue weighted by Gasteiger charge is -2.13. The fourth-order valence-electron chi connectivity index (χ4n) is 2.63. The molecule has 0 aliphatic heterocycles. The molecule has 0 aliphatic carbocycles. The molecule has 0 bridgehead atoms. The zero-order valence-electron chi connectivity index (χ0n) is 16.3. The van der Waals surface area contributed by atoms with Gasteiger partial charge < -0.3 is 14.2 Å². The van der Waals surface area contributed by atoms with Gasteiger partial charge in [0.15, 0.2) is 23.1 Å². The molecular weight excluding hydrogens is 481 g/mol. The third-order valence-corrected chi connectivity index (χ3v) is 5.25. The average molecular weight is 495 g/mol. The first-order valence-electron chi connectivity index (χ1n) is 8.60. The van der Waals surface area contributed by atoms with Gasteiger partial charge in [-0.2, -0.15) is 27.4 Å². The maximum absolute atomic E-state index is 14.2. The Bertz CT molecular complexity index is 1330. The van der Waals surface area contributed by atoms with Crippen molar-refractivity contribution >= 4 is 21.4 Å². The van der Waals surface area contributed by atoms with Crippen LogP contribution >= 0.6 is 0 Å². The number of hydrogen-bond donors (Lipinski definition) is 1. The third-order valence-electron chi connectivity index (χ3n) is 3.90. The van der Waals surface area contributed by atoms with Crippen LogP contribution in [0.15, 0.2) is 29.6 Å². The Balaban J connectivity index is 0.00000408. The smallest absolute Gasteiger partial charge is 0.387 e. The molecule has 0 radical (unpaired) electrons. The molecule has 3 heterocycles. The van der Waals surface area contributed by atoms with Crippen molar-refractivity contribution in [1.29, 1.82) is 5.26 Å². The fourth-order valence-corrected chi connectivity index (χ4v) is 3.77. The summed E-state index contributed by atoms with van der Waals surface area (Å²) in [6.45, 7) is -4.39. The van der Waals surface area contributed by atoms with Gasteiger partial charge in [0, 0.05) is 13.7 Å². The normalized spacial score (nSPS) is 11.6. The van der Waals surface area contributed by atoms with E-state index in [1.807, 2.05) is 4.72 Å². The first-order valence-corrected chi connectivity index (χ1v) is 10.1. The minimum absolute atomic E-state index is 0. The Labute approximate surface area is 183 Å². The maximum atomic E-state index is 14.2. The molecule has 0 aliphatic rings. The second-order valence-electron chi connectivity index (χ2n) is 5.98. The molecule has 178 valence electrons. The van der Waals surface area contributed by atoms with E-state index in [0.29, 0.717) is 6.07 Å². The number of anilines is 1. The van der Waals surface area contributed by atoms with Gasteiger partial charge in [-0.15, -0.1) is 0 Å². The van der Waals surface area contributed by atoms with E-state index < -0.39 is 69.3 Å². The van der Waals surface area contributed by atoms with E-state index in [-0.39, 0.29) is 7.07 Å². The van der Waals surface area contributed by atoms with Crippen molar-refractivity contribution in [3.8, 4) is 23.6 Å². The van der Waals surface area contributed by atoms with E-state index in [2.05, 4.69) is 19.4 Å². The molecule has 3 rings (SSSR count). The van der Waals surface area contributed by atoms with Gasteiger partial charge in [-0.3, -0.25) is 9.12 Å². The van der Waals surface area contributed by atoms with Gasteiger partial charge >= 0.3 is 6.61 Å². The summed E-state index contributed by atoms with van der Waals surface area (Å²) in [7, 11) is -3.48. The second-order valence-corrected chi connectivity index (χ2v) is 7.60. The van der Waals surface area contributed by atoms with Crippen LogP contribution in [0.2, 0.25) is 0 Å². The molecule has 0 unspecified atom stereocenters. The lowest BCUT2D eigenvalue weighted by atomic mass is 10.2. The minimum Gasteiger partial charge on any atom is -0.479 e. The zero-order chi connectivity index (χ0) is 24.3. The second kappa shape index (κ2) is 9.32. The monoisotopic (exact) mass is 495 g/mol. The number of nitrogens with zero attached hydrogens (tertiary/aromatic N) is 4. The molecular formula is C17H14F5N5O5S. The van der Waals surface area contributed by atoms with Crippen LogP contribution in [0.1, 0.15) is 6.99 Å². The number of aromatic nitrogens is 3. The average Bonchev–Trinajstić information content (AvgIpc) is 3.17. The SMILES string of the molecule is COc1nc(OCC(F)F)c(F)cc1NS(=O)(=O)c1cnc2c(C#N)c(OC(F)F)ccn12.[HH]. The van der Waals surface area contributed by atoms with E-state index in [4.69, 9.17) is 4.74 Å². The summed E-state index contributed by atoms with van der Waals surface area (Å²) in [4.78, 5) is 7.29. The summed E-state index contributed by atoms with van der Waals surface area (Å²) in [6, 6.07) is 3.15. The van der Waals surface area contributed by atoms with E-state index in [0.717, 1.165) is 30.0 Å². The highest BCUT2D eigenvalue weighted by Crippen LogP contribution is 2.31. The van der Waals surface area contributed by atoms with Gasteiger partial charge in [-0.25, -0.2) is 18.2 Å². The van der Waals surface area contributed by atoms with Crippen LogP contribution in [-0.4, -0.2) is 49.5 Å². The van der Waals surface area contributed by atoms with Gasteiger partial charge in [0.2, 0.25) is 5.88 Å². The predicted octanol–water partition coefficient (Wildman–Crippen LogP) is 3.04. The summed E-state index contributed by atoms with van der Waals surface area (Å²) < 4.78 is 106. The number of nitrogens with one attached hydrogen (secondary N) is 1. The number of methoxy groups -OCH3 is 1. The molecule has 0 spiro atoms.